The minimum Gasteiger partial charge on any atom is -0.337 e. The molecule has 0 fully saturated rings. The molecule has 8 nitrogen and oxygen atoms in total. The highest BCUT2D eigenvalue weighted by Gasteiger charge is 2.33. The van der Waals surface area contributed by atoms with Gasteiger partial charge < -0.3 is 15.2 Å². The molecule has 1 aliphatic heterocycles. The molecule has 1 aliphatic rings. The second kappa shape index (κ2) is 7.34. The van der Waals surface area contributed by atoms with E-state index in [4.69, 9.17) is 10.3 Å². The van der Waals surface area contributed by atoms with Crippen LogP contribution in [-0.2, 0) is 12.1 Å². The molecule has 0 saturated heterocycles. The molecule has 4 rings (SSSR count). The number of imidazole rings is 1. The smallest absolute Gasteiger partial charge is 0.256 e. The molecule has 3 heterocycles. The number of hydrogen-bond acceptors (Lipinski definition) is 6. The average molecular weight is 408 g/mol. The lowest BCUT2D eigenvalue weighted by Crippen LogP contribution is -2.36. The van der Waals surface area contributed by atoms with Crippen molar-refractivity contribution in [2.45, 2.75) is 24.9 Å². The fourth-order valence-corrected chi connectivity index (χ4v) is 3.61. The summed E-state index contributed by atoms with van der Waals surface area (Å²) in [4.78, 5) is 23.1. The maximum Gasteiger partial charge on any atom is 0.256 e. The van der Waals surface area contributed by atoms with Gasteiger partial charge in [-0.3, -0.25) is 9.36 Å². The molecular weight excluding hydrogens is 387 g/mol. The minimum atomic E-state index is -0.914. The fourth-order valence-electron chi connectivity index (χ4n) is 3.61. The van der Waals surface area contributed by atoms with Crippen LogP contribution in [0.5, 0.6) is 0 Å². The molecule has 0 unspecified atom stereocenters. The van der Waals surface area contributed by atoms with Crippen molar-refractivity contribution in [3.05, 3.63) is 72.8 Å². The molecule has 0 aliphatic carbocycles. The summed E-state index contributed by atoms with van der Waals surface area (Å²) in [6, 6.07) is 4.08. The van der Waals surface area contributed by atoms with Crippen LogP contribution in [0.2, 0.25) is 0 Å². The average Bonchev–Trinajstić information content (AvgIpc) is 3.33. The number of nitrogens with zero attached hydrogens (tertiary/aromatic N) is 5. The molecule has 2 N–H and O–H groups in total. The molecule has 1 amide bonds. The van der Waals surface area contributed by atoms with Gasteiger partial charge in [0.1, 0.15) is 23.4 Å². The first kappa shape index (κ1) is 19.7. The number of rotatable bonds is 6. The minimum absolute atomic E-state index is 0.238. The van der Waals surface area contributed by atoms with E-state index in [2.05, 4.69) is 28.3 Å². The maximum atomic E-state index is 13.8. The van der Waals surface area contributed by atoms with E-state index >= 15 is 0 Å². The van der Waals surface area contributed by atoms with Crippen molar-refractivity contribution in [3.63, 3.8) is 0 Å². The van der Waals surface area contributed by atoms with Gasteiger partial charge in [0.2, 0.25) is 11.7 Å². The molecule has 0 spiro atoms. The number of halogens is 1. The predicted molar refractivity (Wildman–Crippen MR) is 108 cm³/mol. The van der Waals surface area contributed by atoms with Gasteiger partial charge in [-0.1, -0.05) is 17.3 Å². The van der Waals surface area contributed by atoms with Gasteiger partial charge in [0.05, 0.1) is 23.5 Å². The van der Waals surface area contributed by atoms with Crippen LogP contribution in [-0.4, -0.2) is 37.5 Å². The monoisotopic (exact) mass is 408 g/mol. The summed E-state index contributed by atoms with van der Waals surface area (Å²) >= 11 is 0. The Hall–Kier alpha value is -3.59. The Balaban J connectivity index is 1.81. The SMILES string of the molecule is C=CCC(N)(CC=C)c1nc(-c2ncn3c2CN(C)C(=O)c2cc(F)ccc2-3)no1. The van der Waals surface area contributed by atoms with Gasteiger partial charge >= 0.3 is 0 Å². The summed E-state index contributed by atoms with van der Waals surface area (Å²) in [7, 11) is 1.64. The van der Waals surface area contributed by atoms with E-state index in [-0.39, 0.29) is 29.7 Å². The van der Waals surface area contributed by atoms with Crippen LogP contribution in [0, 0.1) is 5.82 Å². The highest BCUT2D eigenvalue weighted by atomic mass is 19.1. The number of fused-ring (bicyclic) bond motifs is 3. The summed E-state index contributed by atoms with van der Waals surface area (Å²) in [6.07, 6.45) is 5.79. The van der Waals surface area contributed by atoms with E-state index in [1.807, 2.05) is 0 Å². The van der Waals surface area contributed by atoms with E-state index in [0.717, 1.165) is 0 Å². The number of nitrogens with two attached hydrogens (primary N) is 1. The number of carbonyl (C=O) groups excluding carboxylic acids is 1. The lowest BCUT2D eigenvalue weighted by atomic mass is 9.92. The highest BCUT2D eigenvalue weighted by molar-refractivity contribution is 5.98. The normalized spacial score (nSPS) is 13.6. The molecule has 1 aromatic carbocycles. The number of amides is 1. The van der Waals surface area contributed by atoms with Crippen LogP contribution in [0.4, 0.5) is 4.39 Å². The van der Waals surface area contributed by atoms with E-state index in [1.54, 1.807) is 36.2 Å². The maximum absolute atomic E-state index is 13.8. The number of benzene rings is 1. The summed E-state index contributed by atoms with van der Waals surface area (Å²) in [5.74, 6) is -0.260. The zero-order valence-electron chi connectivity index (χ0n) is 16.5. The van der Waals surface area contributed by atoms with Gasteiger partial charge in [-0.2, -0.15) is 4.98 Å². The first-order valence-electron chi connectivity index (χ1n) is 9.35. The van der Waals surface area contributed by atoms with Crippen molar-refractivity contribution < 1.29 is 13.7 Å². The van der Waals surface area contributed by atoms with Crippen molar-refractivity contribution in [2.24, 2.45) is 5.73 Å². The van der Waals surface area contributed by atoms with Crippen LogP contribution in [0.3, 0.4) is 0 Å². The number of hydrogen-bond donors (Lipinski definition) is 1. The van der Waals surface area contributed by atoms with E-state index < -0.39 is 11.4 Å². The van der Waals surface area contributed by atoms with Gasteiger partial charge in [-0.05, 0) is 31.0 Å². The molecule has 0 radical (unpaired) electrons. The molecule has 9 heteroatoms. The van der Waals surface area contributed by atoms with Crippen LogP contribution in [0.15, 0.2) is 54.4 Å². The van der Waals surface area contributed by atoms with Gasteiger partial charge in [0.25, 0.3) is 5.91 Å². The topological polar surface area (TPSA) is 103 Å². The van der Waals surface area contributed by atoms with Crippen LogP contribution in [0.1, 0.15) is 34.8 Å². The standard InChI is InChI=1S/C21H21FN6O2/c1-4-8-21(23,9-5-2)20-25-18(26-30-20)17-16-11-27(3)19(29)14-10-13(22)6-7-15(14)28(16)12-24-17/h4-7,10,12H,1-2,8-9,11,23H2,3H3. The third-order valence-corrected chi connectivity index (χ3v) is 5.13. The quantitative estimate of drug-likeness (QED) is 0.629. The molecule has 2 aromatic heterocycles. The molecule has 3 aromatic rings. The lowest BCUT2D eigenvalue weighted by molar-refractivity contribution is 0.0787. The van der Waals surface area contributed by atoms with Gasteiger partial charge in [0, 0.05) is 7.05 Å². The molecule has 0 atom stereocenters. The van der Waals surface area contributed by atoms with E-state index in [1.165, 1.54) is 17.0 Å². The number of aromatic nitrogens is 4. The molecule has 154 valence electrons. The molecule has 0 bridgehead atoms. The van der Waals surface area contributed by atoms with Gasteiger partial charge in [-0.25, -0.2) is 9.37 Å². The van der Waals surface area contributed by atoms with E-state index in [0.29, 0.717) is 29.9 Å². The zero-order valence-corrected chi connectivity index (χ0v) is 16.5. The zero-order chi connectivity index (χ0) is 21.5. The van der Waals surface area contributed by atoms with Crippen molar-refractivity contribution in [1.82, 2.24) is 24.6 Å². The second-order valence-corrected chi connectivity index (χ2v) is 7.30. The van der Waals surface area contributed by atoms with Crippen LogP contribution < -0.4 is 5.73 Å². The Bertz CT molecular complexity index is 1140. The summed E-state index contributed by atoms with van der Waals surface area (Å²) in [5, 5.41) is 4.07. The second-order valence-electron chi connectivity index (χ2n) is 7.30. The summed E-state index contributed by atoms with van der Waals surface area (Å²) in [5.41, 5.74) is 7.45. The van der Waals surface area contributed by atoms with Gasteiger partial charge in [-0.15, -0.1) is 13.2 Å². The third kappa shape index (κ3) is 3.13. The summed E-state index contributed by atoms with van der Waals surface area (Å²) in [6.45, 7) is 7.71. The number of carbonyl (C=O) groups is 1. The van der Waals surface area contributed by atoms with Gasteiger partial charge in [0.15, 0.2) is 0 Å². The third-order valence-electron chi connectivity index (χ3n) is 5.13. The largest absolute Gasteiger partial charge is 0.337 e. The fraction of sp³-hybridized carbons (Fsp3) is 0.238. The van der Waals surface area contributed by atoms with Crippen LogP contribution in [0.25, 0.3) is 17.2 Å². The first-order valence-corrected chi connectivity index (χ1v) is 9.35. The Labute approximate surface area is 172 Å². The van der Waals surface area contributed by atoms with Crippen LogP contribution >= 0.6 is 0 Å². The summed E-state index contributed by atoms with van der Waals surface area (Å²) < 4.78 is 21.0. The van der Waals surface area contributed by atoms with Crippen molar-refractivity contribution in [3.8, 4) is 17.2 Å². The Morgan fingerprint density at radius 1 is 1.33 bits per heavy atom. The van der Waals surface area contributed by atoms with E-state index in [9.17, 15) is 9.18 Å². The predicted octanol–water partition coefficient (Wildman–Crippen LogP) is 2.95. The Morgan fingerprint density at radius 3 is 2.77 bits per heavy atom. The highest BCUT2D eigenvalue weighted by Crippen LogP contribution is 2.32. The molecular formula is C21H21FN6O2. The molecule has 0 saturated carbocycles. The lowest BCUT2D eigenvalue weighted by Gasteiger charge is -2.21. The Kier molecular flexibility index (Phi) is 4.83. The first-order chi connectivity index (χ1) is 14.4. The van der Waals surface area contributed by atoms with Crippen molar-refractivity contribution in [1.29, 1.82) is 0 Å². The van der Waals surface area contributed by atoms with Crippen molar-refractivity contribution >= 4 is 5.91 Å². The Morgan fingerprint density at radius 2 is 2.07 bits per heavy atom. The molecule has 30 heavy (non-hydrogen) atoms. The van der Waals surface area contributed by atoms with Crippen molar-refractivity contribution in [2.75, 3.05) is 7.05 Å².